The lowest BCUT2D eigenvalue weighted by molar-refractivity contribution is 0.101. The summed E-state index contributed by atoms with van der Waals surface area (Å²) in [5, 5.41) is 13.4. The summed E-state index contributed by atoms with van der Waals surface area (Å²) in [5.41, 5.74) is 2.79. The van der Waals surface area contributed by atoms with Gasteiger partial charge in [0.2, 0.25) is 0 Å². The molecule has 1 aromatic rings. The number of aliphatic hydroxyl groups excluding tert-OH is 1. The van der Waals surface area contributed by atoms with Gasteiger partial charge in [-0.05, 0) is 35.8 Å². The summed E-state index contributed by atoms with van der Waals surface area (Å²) >= 11 is 0. The van der Waals surface area contributed by atoms with E-state index in [9.17, 15) is 5.11 Å². The van der Waals surface area contributed by atoms with Crippen molar-refractivity contribution in [1.29, 1.82) is 0 Å². The molecule has 0 aliphatic heterocycles. The maximum Gasteiger partial charge on any atom is 0.0692 e. The molecule has 1 aromatic carbocycles. The summed E-state index contributed by atoms with van der Waals surface area (Å²) in [6, 6.07) is 8.94. The van der Waals surface area contributed by atoms with Crippen LogP contribution >= 0.6 is 0 Å². The summed E-state index contributed by atoms with van der Waals surface area (Å²) in [6.45, 7) is 5.83. The highest BCUT2D eigenvalue weighted by molar-refractivity contribution is 5.27. The third kappa shape index (κ3) is 4.32. The first-order valence-corrected chi connectivity index (χ1v) is 7.72. The SMILES string of the molecule is CCC(CC)C(O)CNCc1ccc(C2CC2)cc1. The van der Waals surface area contributed by atoms with Gasteiger partial charge in [0.1, 0.15) is 0 Å². The van der Waals surface area contributed by atoms with Crippen molar-refractivity contribution in [3.63, 3.8) is 0 Å². The molecule has 2 rings (SSSR count). The van der Waals surface area contributed by atoms with Crippen LogP contribution in [0.2, 0.25) is 0 Å². The Morgan fingerprint density at radius 2 is 1.79 bits per heavy atom. The Hall–Kier alpha value is -0.860. The van der Waals surface area contributed by atoms with E-state index in [-0.39, 0.29) is 6.10 Å². The highest BCUT2D eigenvalue weighted by Gasteiger charge is 2.22. The molecular weight excluding hydrogens is 234 g/mol. The van der Waals surface area contributed by atoms with Crippen molar-refractivity contribution in [3.8, 4) is 0 Å². The van der Waals surface area contributed by atoms with Crippen LogP contribution in [0, 0.1) is 5.92 Å². The van der Waals surface area contributed by atoms with Gasteiger partial charge in [0.05, 0.1) is 6.10 Å². The number of nitrogens with one attached hydrogen (secondary N) is 1. The number of rotatable bonds is 8. The van der Waals surface area contributed by atoms with Gasteiger partial charge in [-0.2, -0.15) is 0 Å². The van der Waals surface area contributed by atoms with Crippen LogP contribution in [0.3, 0.4) is 0 Å². The van der Waals surface area contributed by atoms with Gasteiger partial charge in [0, 0.05) is 13.1 Å². The minimum absolute atomic E-state index is 0.222. The fourth-order valence-corrected chi connectivity index (χ4v) is 2.69. The molecular formula is C17H27NO. The Balaban J connectivity index is 1.72. The average Bonchev–Trinajstić information content (AvgIpc) is 3.25. The van der Waals surface area contributed by atoms with Crippen LogP contribution in [-0.2, 0) is 6.54 Å². The lowest BCUT2D eigenvalue weighted by atomic mass is 9.96. The minimum atomic E-state index is -0.222. The normalized spacial score (nSPS) is 16.8. The Kier molecular flexibility index (Phi) is 5.41. The molecule has 2 N–H and O–H groups in total. The Bertz CT molecular complexity index is 365. The van der Waals surface area contributed by atoms with Gasteiger partial charge in [0.25, 0.3) is 0 Å². The lowest BCUT2D eigenvalue weighted by Gasteiger charge is -2.20. The quantitative estimate of drug-likeness (QED) is 0.751. The van der Waals surface area contributed by atoms with Crippen LogP contribution < -0.4 is 5.32 Å². The maximum atomic E-state index is 10.0. The molecule has 2 nitrogen and oxygen atoms in total. The fourth-order valence-electron chi connectivity index (χ4n) is 2.69. The zero-order valence-corrected chi connectivity index (χ0v) is 12.2. The molecule has 1 atom stereocenters. The predicted octanol–water partition coefficient (Wildman–Crippen LogP) is 3.45. The number of hydrogen-bond donors (Lipinski definition) is 2. The van der Waals surface area contributed by atoms with Crippen LogP contribution in [0.5, 0.6) is 0 Å². The second-order valence-corrected chi connectivity index (χ2v) is 5.79. The molecule has 2 heteroatoms. The summed E-state index contributed by atoms with van der Waals surface area (Å²) < 4.78 is 0. The summed E-state index contributed by atoms with van der Waals surface area (Å²) in [6.07, 6.45) is 4.60. The van der Waals surface area contributed by atoms with Gasteiger partial charge in [-0.3, -0.25) is 0 Å². The third-order valence-electron chi connectivity index (χ3n) is 4.30. The van der Waals surface area contributed by atoms with Gasteiger partial charge in [-0.15, -0.1) is 0 Å². The van der Waals surface area contributed by atoms with Crippen LogP contribution in [-0.4, -0.2) is 17.8 Å². The maximum absolute atomic E-state index is 10.0. The average molecular weight is 261 g/mol. The molecule has 1 unspecified atom stereocenters. The molecule has 1 fully saturated rings. The fraction of sp³-hybridized carbons (Fsp3) is 0.647. The molecule has 19 heavy (non-hydrogen) atoms. The first-order valence-electron chi connectivity index (χ1n) is 7.72. The van der Waals surface area contributed by atoms with Gasteiger partial charge in [-0.1, -0.05) is 51.0 Å². The van der Waals surface area contributed by atoms with E-state index >= 15 is 0 Å². The zero-order valence-electron chi connectivity index (χ0n) is 12.2. The summed E-state index contributed by atoms with van der Waals surface area (Å²) in [7, 11) is 0. The Labute approximate surface area is 117 Å². The van der Waals surface area contributed by atoms with Crippen LogP contribution in [0.15, 0.2) is 24.3 Å². The molecule has 0 spiro atoms. The molecule has 106 valence electrons. The van der Waals surface area contributed by atoms with E-state index in [0.29, 0.717) is 12.5 Å². The standard InChI is InChI=1S/C17H27NO/c1-3-14(4-2)17(19)12-18-11-13-5-7-15(8-6-13)16-9-10-16/h5-8,14,16-19H,3-4,9-12H2,1-2H3. The van der Waals surface area contributed by atoms with E-state index in [0.717, 1.165) is 25.3 Å². The van der Waals surface area contributed by atoms with Gasteiger partial charge in [-0.25, -0.2) is 0 Å². The molecule has 0 bridgehead atoms. The zero-order chi connectivity index (χ0) is 13.7. The topological polar surface area (TPSA) is 32.3 Å². The van der Waals surface area contributed by atoms with Crippen molar-refractivity contribution in [2.24, 2.45) is 5.92 Å². The highest BCUT2D eigenvalue weighted by Crippen LogP contribution is 2.39. The largest absolute Gasteiger partial charge is 0.392 e. The first-order chi connectivity index (χ1) is 9.24. The van der Waals surface area contributed by atoms with Crippen molar-refractivity contribution < 1.29 is 5.11 Å². The predicted molar refractivity (Wildman–Crippen MR) is 80.2 cm³/mol. The van der Waals surface area contributed by atoms with E-state index < -0.39 is 0 Å². The Morgan fingerprint density at radius 1 is 1.16 bits per heavy atom. The molecule has 1 aliphatic carbocycles. The van der Waals surface area contributed by atoms with Crippen LogP contribution in [0.4, 0.5) is 0 Å². The number of benzene rings is 1. The molecule has 0 amide bonds. The molecule has 0 saturated heterocycles. The highest BCUT2D eigenvalue weighted by atomic mass is 16.3. The third-order valence-corrected chi connectivity index (χ3v) is 4.30. The van der Waals surface area contributed by atoms with Gasteiger partial charge >= 0.3 is 0 Å². The smallest absolute Gasteiger partial charge is 0.0692 e. The van der Waals surface area contributed by atoms with E-state index in [1.807, 2.05) is 0 Å². The molecule has 1 aliphatic rings. The van der Waals surface area contributed by atoms with E-state index in [2.05, 4.69) is 43.4 Å². The van der Waals surface area contributed by atoms with Crippen molar-refractivity contribution in [2.75, 3.05) is 6.54 Å². The summed E-state index contributed by atoms with van der Waals surface area (Å²) in [4.78, 5) is 0. The van der Waals surface area contributed by atoms with E-state index in [1.165, 1.54) is 24.0 Å². The van der Waals surface area contributed by atoms with Crippen LogP contribution in [0.25, 0.3) is 0 Å². The first kappa shape index (κ1) is 14.5. The second kappa shape index (κ2) is 7.06. The van der Waals surface area contributed by atoms with E-state index in [1.54, 1.807) is 0 Å². The van der Waals surface area contributed by atoms with Gasteiger partial charge in [0.15, 0.2) is 0 Å². The molecule has 0 heterocycles. The molecule has 0 radical (unpaired) electrons. The number of hydrogen-bond acceptors (Lipinski definition) is 2. The summed E-state index contributed by atoms with van der Waals surface area (Å²) in [5.74, 6) is 1.25. The van der Waals surface area contributed by atoms with Crippen molar-refractivity contribution >= 4 is 0 Å². The molecule has 1 saturated carbocycles. The van der Waals surface area contributed by atoms with Crippen LogP contribution in [0.1, 0.15) is 56.6 Å². The van der Waals surface area contributed by atoms with Crippen molar-refractivity contribution in [2.45, 2.75) is 58.1 Å². The monoisotopic (exact) mass is 261 g/mol. The van der Waals surface area contributed by atoms with Crippen molar-refractivity contribution in [1.82, 2.24) is 5.32 Å². The van der Waals surface area contributed by atoms with Gasteiger partial charge < -0.3 is 10.4 Å². The van der Waals surface area contributed by atoms with E-state index in [4.69, 9.17) is 0 Å². The van der Waals surface area contributed by atoms with Crippen molar-refractivity contribution in [3.05, 3.63) is 35.4 Å². The Morgan fingerprint density at radius 3 is 2.32 bits per heavy atom. The number of aliphatic hydroxyl groups is 1. The lowest BCUT2D eigenvalue weighted by Crippen LogP contribution is -2.32. The second-order valence-electron chi connectivity index (χ2n) is 5.79. The minimum Gasteiger partial charge on any atom is -0.392 e. The molecule has 0 aromatic heterocycles.